The zero-order chi connectivity index (χ0) is 15.5. The zero-order valence-electron chi connectivity index (χ0n) is 11.7. The van der Waals surface area contributed by atoms with Crippen LogP contribution in [0.25, 0.3) is 0 Å². The van der Waals surface area contributed by atoms with Crippen LogP contribution in [0.15, 0.2) is 47.5 Å². The third kappa shape index (κ3) is 3.77. The molecule has 7 heteroatoms. The molecule has 1 aromatic heterocycles. The van der Waals surface area contributed by atoms with E-state index in [1.54, 1.807) is 32.2 Å². The molecule has 0 amide bonds. The summed E-state index contributed by atoms with van der Waals surface area (Å²) in [7, 11) is -2.01. The highest BCUT2D eigenvalue weighted by molar-refractivity contribution is 7.89. The number of aromatic nitrogens is 1. The maximum absolute atomic E-state index is 13.2. The number of nitrogens with zero attached hydrogens (tertiary/aromatic N) is 1. The van der Waals surface area contributed by atoms with Gasteiger partial charge < -0.3 is 5.32 Å². The molecule has 0 aliphatic heterocycles. The summed E-state index contributed by atoms with van der Waals surface area (Å²) in [6, 6.07) is 8.30. The first kappa shape index (κ1) is 15.4. The van der Waals surface area contributed by atoms with E-state index in [9.17, 15) is 12.8 Å². The van der Waals surface area contributed by atoms with Gasteiger partial charge in [0.05, 0.1) is 0 Å². The molecular weight excluding hydrogens is 293 g/mol. The molecule has 5 nitrogen and oxygen atoms in total. The van der Waals surface area contributed by atoms with Crippen LogP contribution in [0.4, 0.5) is 10.2 Å². The quantitative estimate of drug-likeness (QED) is 0.889. The Morgan fingerprint density at radius 2 is 2.00 bits per heavy atom. The number of anilines is 1. The SMILES string of the molecule is CNc1ccc(S(=O)(=O)NC(C)c2cccc(F)c2)cn1. The molecule has 0 spiro atoms. The third-order valence-electron chi connectivity index (χ3n) is 2.98. The van der Waals surface area contributed by atoms with E-state index in [1.165, 1.54) is 24.4 Å². The van der Waals surface area contributed by atoms with Crippen LogP contribution in [0.2, 0.25) is 0 Å². The number of sulfonamides is 1. The standard InChI is InChI=1S/C14H16FN3O2S/c1-10(11-4-3-5-12(15)8-11)18-21(19,20)13-6-7-14(16-2)17-9-13/h3-10,18H,1-2H3,(H,16,17). The highest BCUT2D eigenvalue weighted by Gasteiger charge is 2.19. The Morgan fingerprint density at radius 1 is 1.24 bits per heavy atom. The topological polar surface area (TPSA) is 71.1 Å². The molecule has 112 valence electrons. The lowest BCUT2D eigenvalue weighted by Crippen LogP contribution is -2.27. The van der Waals surface area contributed by atoms with Crippen molar-refractivity contribution in [3.05, 3.63) is 54.0 Å². The number of halogens is 1. The van der Waals surface area contributed by atoms with Crippen molar-refractivity contribution in [2.45, 2.75) is 17.9 Å². The van der Waals surface area contributed by atoms with Gasteiger partial charge in [-0.25, -0.2) is 22.5 Å². The Labute approximate surface area is 123 Å². The van der Waals surface area contributed by atoms with Gasteiger partial charge in [-0.3, -0.25) is 0 Å². The summed E-state index contributed by atoms with van der Waals surface area (Å²) in [6.45, 7) is 1.65. The van der Waals surface area contributed by atoms with Crippen molar-refractivity contribution in [2.24, 2.45) is 0 Å². The number of pyridine rings is 1. The van der Waals surface area contributed by atoms with Crippen molar-refractivity contribution in [3.8, 4) is 0 Å². The van der Waals surface area contributed by atoms with E-state index in [0.29, 0.717) is 11.4 Å². The van der Waals surface area contributed by atoms with Gasteiger partial charge in [-0.2, -0.15) is 0 Å². The summed E-state index contributed by atoms with van der Waals surface area (Å²) in [5, 5.41) is 2.81. The van der Waals surface area contributed by atoms with Crippen molar-refractivity contribution in [1.82, 2.24) is 9.71 Å². The van der Waals surface area contributed by atoms with Crippen molar-refractivity contribution >= 4 is 15.8 Å². The smallest absolute Gasteiger partial charge is 0.242 e. The van der Waals surface area contributed by atoms with E-state index in [0.717, 1.165) is 0 Å². The fraction of sp³-hybridized carbons (Fsp3) is 0.214. The zero-order valence-corrected chi connectivity index (χ0v) is 12.5. The summed E-state index contributed by atoms with van der Waals surface area (Å²) in [6.07, 6.45) is 1.27. The van der Waals surface area contributed by atoms with E-state index in [1.807, 2.05) is 0 Å². The van der Waals surface area contributed by atoms with Crippen molar-refractivity contribution in [1.29, 1.82) is 0 Å². The molecule has 0 fully saturated rings. The maximum atomic E-state index is 13.2. The molecule has 0 bridgehead atoms. The number of hydrogen-bond acceptors (Lipinski definition) is 4. The minimum atomic E-state index is -3.71. The van der Waals surface area contributed by atoms with Gasteiger partial charge in [-0.15, -0.1) is 0 Å². The largest absolute Gasteiger partial charge is 0.373 e. The van der Waals surface area contributed by atoms with E-state index in [-0.39, 0.29) is 4.90 Å². The Bertz CT molecular complexity index is 717. The highest BCUT2D eigenvalue weighted by Crippen LogP contribution is 2.18. The molecule has 0 aliphatic carbocycles. The number of benzene rings is 1. The van der Waals surface area contributed by atoms with Gasteiger partial charge in [-0.05, 0) is 36.8 Å². The molecule has 0 saturated carbocycles. The minimum absolute atomic E-state index is 0.0600. The molecule has 1 atom stereocenters. The molecule has 0 aliphatic rings. The van der Waals surface area contributed by atoms with E-state index >= 15 is 0 Å². The van der Waals surface area contributed by atoms with Crippen LogP contribution >= 0.6 is 0 Å². The lowest BCUT2D eigenvalue weighted by atomic mass is 10.1. The number of rotatable bonds is 5. The van der Waals surface area contributed by atoms with Gasteiger partial charge in [0.25, 0.3) is 0 Å². The van der Waals surface area contributed by atoms with Gasteiger partial charge in [0.15, 0.2) is 0 Å². The lowest BCUT2D eigenvalue weighted by Gasteiger charge is -2.14. The van der Waals surface area contributed by atoms with Gasteiger partial charge in [0, 0.05) is 19.3 Å². The third-order valence-corrected chi connectivity index (χ3v) is 4.51. The molecular formula is C14H16FN3O2S. The van der Waals surface area contributed by atoms with Crippen molar-refractivity contribution in [3.63, 3.8) is 0 Å². The molecule has 0 radical (unpaired) electrons. The normalized spacial score (nSPS) is 12.9. The van der Waals surface area contributed by atoms with Crippen molar-refractivity contribution < 1.29 is 12.8 Å². The van der Waals surface area contributed by atoms with Crippen LogP contribution in [0.5, 0.6) is 0 Å². The first-order valence-corrected chi connectivity index (χ1v) is 7.82. The van der Waals surface area contributed by atoms with Crippen LogP contribution in [0.3, 0.4) is 0 Å². The fourth-order valence-electron chi connectivity index (χ4n) is 1.83. The predicted octanol–water partition coefficient (Wildman–Crippen LogP) is 2.30. The average Bonchev–Trinajstić information content (AvgIpc) is 2.47. The number of nitrogens with one attached hydrogen (secondary N) is 2. The monoisotopic (exact) mass is 309 g/mol. The van der Waals surface area contributed by atoms with Gasteiger partial charge in [0.1, 0.15) is 16.5 Å². The van der Waals surface area contributed by atoms with Crippen LogP contribution in [-0.2, 0) is 10.0 Å². The Kier molecular flexibility index (Phi) is 4.54. The van der Waals surface area contributed by atoms with Crippen LogP contribution < -0.4 is 10.0 Å². The van der Waals surface area contributed by atoms with Crippen LogP contribution in [0.1, 0.15) is 18.5 Å². The molecule has 21 heavy (non-hydrogen) atoms. The Morgan fingerprint density at radius 3 is 2.57 bits per heavy atom. The molecule has 2 rings (SSSR count). The fourth-order valence-corrected chi connectivity index (χ4v) is 3.01. The summed E-state index contributed by atoms with van der Waals surface area (Å²) < 4.78 is 40.1. The summed E-state index contributed by atoms with van der Waals surface area (Å²) >= 11 is 0. The molecule has 2 aromatic rings. The van der Waals surface area contributed by atoms with Gasteiger partial charge >= 0.3 is 0 Å². The maximum Gasteiger partial charge on any atom is 0.242 e. The molecule has 0 saturated heterocycles. The van der Waals surface area contributed by atoms with Gasteiger partial charge in [-0.1, -0.05) is 12.1 Å². The van der Waals surface area contributed by atoms with E-state index in [4.69, 9.17) is 0 Å². The second kappa shape index (κ2) is 6.19. The summed E-state index contributed by atoms with van der Waals surface area (Å²) in [4.78, 5) is 4.03. The predicted molar refractivity (Wildman–Crippen MR) is 78.9 cm³/mol. The lowest BCUT2D eigenvalue weighted by molar-refractivity contribution is 0.564. The second-order valence-electron chi connectivity index (χ2n) is 4.53. The van der Waals surface area contributed by atoms with E-state index < -0.39 is 21.9 Å². The first-order chi connectivity index (χ1) is 9.92. The summed E-state index contributed by atoms with van der Waals surface area (Å²) in [5.74, 6) is 0.172. The van der Waals surface area contributed by atoms with Gasteiger partial charge in [0.2, 0.25) is 10.0 Å². The molecule has 1 unspecified atom stereocenters. The Hall–Kier alpha value is -1.99. The summed E-state index contributed by atoms with van der Waals surface area (Å²) in [5.41, 5.74) is 0.554. The van der Waals surface area contributed by atoms with Crippen molar-refractivity contribution in [2.75, 3.05) is 12.4 Å². The molecule has 1 heterocycles. The Balaban J connectivity index is 2.20. The molecule has 1 aromatic carbocycles. The molecule has 2 N–H and O–H groups in total. The van der Waals surface area contributed by atoms with E-state index in [2.05, 4.69) is 15.0 Å². The minimum Gasteiger partial charge on any atom is -0.373 e. The number of hydrogen-bond donors (Lipinski definition) is 2. The first-order valence-electron chi connectivity index (χ1n) is 6.34. The van der Waals surface area contributed by atoms with Crippen LogP contribution in [-0.4, -0.2) is 20.4 Å². The highest BCUT2D eigenvalue weighted by atomic mass is 32.2. The second-order valence-corrected chi connectivity index (χ2v) is 6.24. The van der Waals surface area contributed by atoms with Crippen LogP contribution in [0, 0.1) is 5.82 Å². The average molecular weight is 309 g/mol.